The normalized spacial score (nSPS) is 12.8. The minimum atomic E-state index is 0.0789. The average molecular weight is 250 g/mol. The summed E-state index contributed by atoms with van der Waals surface area (Å²) in [7, 11) is 0. The number of nitrogens with zero attached hydrogens (tertiary/aromatic N) is 2. The smallest absolute Gasteiger partial charge is 0.127 e. The molecule has 0 aliphatic carbocycles. The molecular weight excluding hydrogens is 232 g/mol. The molecule has 2 rings (SSSR count). The molecule has 2 aromatic rings. The summed E-state index contributed by atoms with van der Waals surface area (Å²) in [6.07, 6.45) is 5.83. The number of hydrogen-bond acceptors (Lipinski definition) is 4. The van der Waals surface area contributed by atoms with Gasteiger partial charge in [0.2, 0.25) is 0 Å². The van der Waals surface area contributed by atoms with E-state index in [2.05, 4.69) is 39.4 Å². The van der Waals surface area contributed by atoms with Crippen molar-refractivity contribution in [1.82, 2.24) is 15.0 Å². The van der Waals surface area contributed by atoms with Crippen LogP contribution in [0.5, 0.6) is 0 Å². The first kappa shape index (κ1) is 12.3. The maximum absolute atomic E-state index is 5.65. The molecule has 5 heteroatoms. The van der Waals surface area contributed by atoms with Gasteiger partial charge in [0.25, 0.3) is 0 Å². The Kier molecular flexibility index (Phi) is 4.30. The van der Waals surface area contributed by atoms with Gasteiger partial charge in [-0.2, -0.15) is 0 Å². The van der Waals surface area contributed by atoms with Crippen molar-refractivity contribution in [2.75, 3.05) is 0 Å². The minimum Gasteiger partial charge on any atom is -0.334 e. The first-order valence-electron chi connectivity index (χ1n) is 5.84. The molecule has 0 amide bonds. The summed E-state index contributed by atoms with van der Waals surface area (Å²) < 4.78 is 2.16. The van der Waals surface area contributed by atoms with E-state index in [0.717, 1.165) is 25.2 Å². The van der Waals surface area contributed by atoms with Gasteiger partial charge in [0, 0.05) is 30.2 Å². The van der Waals surface area contributed by atoms with Crippen molar-refractivity contribution in [1.29, 1.82) is 0 Å². The molecule has 3 N–H and O–H groups in total. The zero-order chi connectivity index (χ0) is 12.1. The second kappa shape index (κ2) is 5.95. The molecular formula is C12H18N4S. The summed E-state index contributed by atoms with van der Waals surface area (Å²) in [5.41, 5.74) is 2.86. The molecule has 4 nitrogen and oxygen atoms in total. The zero-order valence-corrected chi connectivity index (χ0v) is 10.8. The lowest BCUT2D eigenvalue weighted by atomic mass is 10.2. The van der Waals surface area contributed by atoms with Crippen LogP contribution in [0, 0.1) is 0 Å². The summed E-state index contributed by atoms with van der Waals surface area (Å²) in [6, 6.07) is 4.27. The van der Waals surface area contributed by atoms with Crippen LogP contribution in [0.2, 0.25) is 0 Å². The van der Waals surface area contributed by atoms with Gasteiger partial charge in [-0.15, -0.1) is 11.3 Å². The number of nitrogens with two attached hydrogens (primary N) is 1. The Labute approximate surface area is 105 Å². The van der Waals surface area contributed by atoms with Crippen molar-refractivity contribution in [2.45, 2.75) is 32.4 Å². The summed E-state index contributed by atoms with van der Waals surface area (Å²) in [5, 5.41) is 2.08. The zero-order valence-electron chi connectivity index (χ0n) is 9.97. The Hall–Kier alpha value is -1.17. The molecule has 0 aliphatic heterocycles. The molecule has 0 aliphatic rings. The largest absolute Gasteiger partial charge is 0.334 e. The van der Waals surface area contributed by atoms with Crippen molar-refractivity contribution in [3.05, 3.63) is 40.6 Å². The quantitative estimate of drug-likeness (QED) is 0.610. The predicted octanol–water partition coefficient (Wildman–Crippen LogP) is 2.10. The van der Waals surface area contributed by atoms with Gasteiger partial charge < -0.3 is 4.57 Å². The van der Waals surface area contributed by atoms with E-state index in [4.69, 9.17) is 5.84 Å². The third-order valence-corrected chi connectivity index (χ3v) is 3.61. The standard InChI is InChI=1S/C12H18N4S/c1-2-6-16-7-5-14-12(16)11(15-13)9-10-4-3-8-17-10/h3-5,7-8,11,15H,2,6,9,13H2,1H3. The number of aryl methyl sites for hydroxylation is 1. The van der Waals surface area contributed by atoms with Crippen LogP contribution in [-0.4, -0.2) is 9.55 Å². The molecule has 0 fully saturated rings. The van der Waals surface area contributed by atoms with Crippen molar-refractivity contribution in [2.24, 2.45) is 5.84 Å². The van der Waals surface area contributed by atoms with E-state index in [1.807, 2.05) is 12.4 Å². The third kappa shape index (κ3) is 2.94. The second-order valence-electron chi connectivity index (χ2n) is 3.98. The molecule has 0 bridgehead atoms. The highest BCUT2D eigenvalue weighted by atomic mass is 32.1. The van der Waals surface area contributed by atoms with E-state index in [0.29, 0.717) is 0 Å². The Morgan fingerprint density at radius 1 is 1.59 bits per heavy atom. The van der Waals surface area contributed by atoms with E-state index in [1.165, 1.54) is 4.88 Å². The van der Waals surface area contributed by atoms with Gasteiger partial charge in [-0.05, 0) is 17.9 Å². The van der Waals surface area contributed by atoms with E-state index < -0.39 is 0 Å². The van der Waals surface area contributed by atoms with Crippen LogP contribution in [-0.2, 0) is 13.0 Å². The lowest BCUT2D eigenvalue weighted by molar-refractivity contribution is 0.490. The van der Waals surface area contributed by atoms with E-state index in [9.17, 15) is 0 Å². The fraction of sp³-hybridized carbons (Fsp3) is 0.417. The minimum absolute atomic E-state index is 0.0789. The molecule has 0 aromatic carbocycles. The number of hydrazine groups is 1. The van der Waals surface area contributed by atoms with Crippen molar-refractivity contribution >= 4 is 11.3 Å². The van der Waals surface area contributed by atoms with Gasteiger partial charge in [-0.25, -0.2) is 10.4 Å². The predicted molar refractivity (Wildman–Crippen MR) is 70.6 cm³/mol. The highest BCUT2D eigenvalue weighted by Crippen LogP contribution is 2.19. The lowest BCUT2D eigenvalue weighted by Crippen LogP contribution is -2.31. The van der Waals surface area contributed by atoms with E-state index in [1.54, 1.807) is 11.3 Å². The molecule has 92 valence electrons. The summed E-state index contributed by atoms with van der Waals surface area (Å²) in [6.45, 7) is 3.14. The van der Waals surface area contributed by atoms with Gasteiger partial charge in [0.1, 0.15) is 5.82 Å². The maximum atomic E-state index is 5.65. The Balaban J connectivity index is 2.14. The maximum Gasteiger partial charge on any atom is 0.127 e. The lowest BCUT2D eigenvalue weighted by Gasteiger charge is -2.16. The first-order chi connectivity index (χ1) is 8.35. The number of aromatic nitrogens is 2. The van der Waals surface area contributed by atoms with Gasteiger partial charge in [0.15, 0.2) is 0 Å². The fourth-order valence-corrected chi connectivity index (χ4v) is 2.67. The summed E-state index contributed by atoms with van der Waals surface area (Å²) in [5.74, 6) is 6.66. The molecule has 0 spiro atoms. The van der Waals surface area contributed by atoms with Crippen LogP contribution in [0.3, 0.4) is 0 Å². The monoisotopic (exact) mass is 250 g/mol. The van der Waals surface area contributed by atoms with Crippen LogP contribution in [0.1, 0.15) is 30.1 Å². The van der Waals surface area contributed by atoms with Crippen LogP contribution >= 0.6 is 11.3 Å². The SMILES string of the molecule is CCCn1ccnc1C(Cc1cccs1)NN. The number of rotatable bonds is 6. The number of thiophene rings is 1. The molecule has 0 radical (unpaired) electrons. The molecule has 0 saturated heterocycles. The van der Waals surface area contributed by atoms with Crippen molar-refractivity contribution < 1.29 is 0 Å². The average Bonchev–Trinajstić information content (AvgIpc) is 2.97. The topological polar surface area (TPSA) is 55.9 Å². The molecule has 2 aromatic heterocycles. The van der Waals surface area contributed by atoms with Crippen LogP contribution in [0.4, 0.5) is 0 Å². The number of nitrogens with one attached hydrogen (secondary N) is 1. The van der Waals surface area contributed by atoms with Crippen molar-refractivity contribution in [3.63, 3.8) is 0 Å². The second-order valence-corrected chi connectivity index (χ2v) is 5.01. The summed E-state index contributed by atoms with van der Waals surface area (Å²) >= 11 is 1.75. The highest BCUT2D eigenvalue weighted by molar-refractivity contribution is 7.09. The first-order valence-corrected chi connectivity index (χ1v) is 6.72. The van der Waals surface area contributed by atoms with Gasteiger partial charge in [0.05, 0.1) is 6.04 Å². The Morgan fingerprint density at radius 3 is 3.12 bits per heavy atom. The Morgan fingerprint density at radius 2 is 2.47 bits per heavy atom. The molecule has 1 unspecified atom stereocenters. The van der Waals surface area contributed by atoms with Crippen LogP contribution in [0.15, 0.2) is 29.9 Å². The third-order valence-electron chi connectivity index (χ3n) is 2.71. The molecule has 17 heavy (non-hydrogen) atoms. The van der Waals surface area contributed by atoms with Gasteiger partial charge >= 0.3 is 0 Å². The number of imidazole rings is 1. The Bertz CT molecular complexity index is 435. The van der Waals surface area contributed by atoms with Crippen LogP contribution in [0.25, 0.3) is 0 Å². The van der Waals surface area contributed by atoms with E-state index in [-0.39, 0.29) is 6.04 Å². The van der Waals surface area contributed by atoms with Crippen LogP contribution < -0.4 is 11.3 Å². The van der Waals surface area contributed by atoms with Gasteiger partial charge in [-0.1, -0.05) is 13.0 Å². The molecule has 2 heterocycles. The molecule has 1 atom stereocenters. The molecule has 0 saturated carbocycles. The number of hydrogen-bond donors (Lipinski definition) is 2. The van der Waals surface area contributed by atoms with Gasteiger partial charge in [-0.3, -0.25) is 5.84 Å². The van der Waals surface area contributed by atoms with Crippen molar-refractivity contribution in [3.8, 4) is 0 Å². The highest BCUT2D eigenvalue weighted by Gasteiger charge is 2.16. The summed E-state index contributed by atoms with van der Waals surface area (Å²) in [4.78, 5) is 5.73. The van der Waals surface area contributed by atoms with E-state index >= 15 is 0 Å². The fourth-order valence-electron chi connectivity index (χ4n) is 1.92.